The number of carbonyl (C=O) groups excluding carboxylic acids is 4. The van der Waals surface area contributed by atoms with E-state index < -0.39 is 22.4 Å². The first kappa shape index (κ1) is 78.0. The first-order valence-corrected chi connectivity index (χ1v) is 32.5. The molecule has 0 radical (unpaired) electrons. The Morgan fingerprint density at radius 1 is 0.366 bits per heavy atom. The summed E-state index contributed by atoms with van der Waals surface area (Å²) in [7, 11) is 3.24. The van der Waals surface area contributed by atoms with Gasteiger partial charge in [0.2, 0.25) is 0 Å². The van der Waals surface area contributed by atoms with Crippen molar-refractivity contribution in [3.63, 3.8) is 0 Å². The third-order valence-corrected chi connectivity index (χ3v) is 14.8. The maximum absolute atomic E-state index is 12.9. The molecule has 2 atom stereocenters. The number of rotatable bonds is 46. The largest absolute Gasteiger partial charge is 0.466 e. The standard InChI is InChI=1S/2C29H55NO10S/c1-3-4-5-6-7-8-12-40-29(32)27(26-28(31)39-24-23-38-22-21-36-16-15-33-2)41-25-11-30-9-13-34-17-19-37-20-18-35-14-10-30;1-3-4-5-6-7-8-12-39-28(31)26-27(29(32)40-24-23-38-22-21-36-16-15-33-2)41-25-11-30-9-13-34-17-19-37-20-18-35-14-10-30/h2*27H,3-26H2,1-2H3. The van der Waals surface area contributed by atoms with E-state index in [1.165, 1.54) is 62.0 Å². The molecular formula is C58H110N2O20S2. The summed E-state index contributed by atoms with van der Waals surface area (Å²) < 4.78 is 86.6. The lowest BCUT2D eigenvalue weighted by atomic mass is 10.1. The van der Waals surface area contributed by atoms with Crippen LogP contribution in [-0.2, 0) is 95.0 Å². The molecule has 2 saturated heterocycles. The highest BCUT2D eigenvalue weighted by molar-refractivity contribution is 8.00. The normalized spacial score (nSPS) is 16.4. The molecule has 82 heavy (non-hydrogen) atoms. The Balaban J connectivity index is 0.000000820. The van der Waals surface area contributed by atoms with Gasteiger partial charge in [0.1, 0.15) is 23.7 Å². The van der Waals surface area contributed by atoms with Gasteiger partial charge in [-0.05, 0) is 12.8 Å². The fourth-order valence-electron chi connectivity index (χ4n) is 7.67. The van der Waals surface area contributed by atoms with Crippen molar-refractivity contribution < 1.29 is 95.0 Å². The quantitative estimate of drug-likeness (QED) is 0.0391. The first-order chi connectivity index (χ1) is 40.3. The van der Waals surface area contributed by atoms with Crippen LogP contribution in [-0.4, -0.2) is 281 Å². The lowest BCUT2D eigenvalue weighted by Gasteiger charge is -2.23. The van der Waals surface area contributed by atoms with Gasteiger partial charge in [0.05, 0.1) is 171 Å². The minimum absolute atomic E-state index is 0.0141. The molecular weight excluding hydrogens is 1110 g/mol. The Morgan fingerprint density at radius 3 is 1.04 bits per heavy atom. The highest BCUT2D eigenvalue weighted by Gasteiger charge is 2.27. The Bertz CT molecular complexity index is 1410. The van der Waals surface area contributed by atoms with E-state index in [1.807, 2.05) is 0 Å². The molecule has 0 saturated carbocycles. The number of carbonyl (C=O) groups is 4. The van der Waals surface area contributed by atoms with Crippen LogP contribution in [0.15, 0.2) is 0 Å². The Kier molecular flexibility index (Phi) is 59.1. The Hall–Kier alpha value is -1.98. The SMILES string of the molecule is CCCCCCCCOC(=O)C(CC(=O)OCCOCCOCCOC)SCCN1CCOCCOCCOCC1.CCCCCCCCOC(=O)CC(SCCN1CCOCCOCCOCC1)C(=O)OCCOCCOCCOC. The average molecular weight is 1220 g/mol. The molecule has 0 N–H and O–H groups in total. The van der Waals surface area contributed by atoms with Crippen molar-refractivity contribution >= 4 is 47.4 Å². The molecule has 0 aliphatic carbocycles. The van der Waals surface area contributed by atoms with Gasteiger partial charge in [0.25, 0.3) is 0 Å². The van der Waals surface area contributed by atoms with Gasteiger partial charge in [-0.3, -0.25) is 29.0 Å². The number of esters is 4. The van der Waals surface area contributed by atoms with Crippen molar-refractivity contribution in [3.05, 3.63) is 0 Å². The fraction of sp³-hybridized carbons (Fsp3) is 0.931. The molecule has 2 aliphatic rings. The Labute approximate surface area is 501 Å². The van der Waals surface area contributed by atoms with Gasteiger partial charge in [-0.2, -0.15) is 0 Å². The molecule has 2 unspecified atom stereocenters. The van der Waals surface area contributed by atoms with Crippen molar-refractivity contribution in [1.82, 2.24) is 9.80 Å². The number of hydrogen-bond acceptors (Lipinski definition) is 24. The second kappa shape index (κ2) is 62.1. The van der Waals surface area contributed by atoms with E-state index in [1.54, 1.807) is 14.2 Å². The van der Waals surface area contributed by atoms with Crippen LogP contribution in [0.1, 0.15) is 104 Å². The van der Waals surface area contributed by atoms with Gasteiger partial charge >= 0.3 is 23.9 Å². The van der Waals surface area contributed by atoms with Crippen molar-refractivity contribution in [2.24, 2.45) is 0 Å². The van der Waals surface area contributed by atoms with Crippen LogP contribution in [0.2, 0.25) is 0 Å². The molecule has 2 aliphatic heterocycles. The number of hydrogen-bond donors (Lipinski definition) is 0. The van der Waals surface area contributed by atoms with Crippen molar-refractivity contribution in [2.75, 3.05) is 237 Å². The van der Waals surface area contributed by atoms with Gasteiger partial charge in [-0.15, -0.1) is 23.5 Å². The van der Waals surface area contributed by atoms with Gasteiger partial charge in [0, 0.05) is 65.0 Å². The Morgan fingerprint density at radius 2 is 0.659 bits per heavy atom. The number of methoxy groups -OCH3 is 2. The van der Waals surface area contributed by atoms with E-state index in [0.717, 1.165) is 77.8 Å². The van der Waals surface area contributed by atoms with Gasteiger partial charge in [-0.1, -0.05) is 78.1 Å². The van der Waals surface area contributed by atoms with Crippen LogP contribution in [0.5, 0.6) is 0 Å². The summed E-state index contributed by atoms with van der Waals surface area (Å²) in [5.41, 5.74) is 0. The summed E-state index contributed by atoms with van der Waals surface area (Å²) in [6.45, 7) is 21.1. The molecule has 0 spiro atoms. The second-order valence-electron chi connectivity index (χ2n) is 19.2. The van der Waals surface area contributed by atoms with Crippen LogP contribution in [0, 0.1) is 0 Å². The van der Waals surface area contributed by atoms with E-state index >= 15 is 0 Å². The van der Waals surface area contributed by atoms with E-state index in [0.29, 0.717) is 157 Å². The molecule has 0 amide bonds. The van der Waals surface area contributed by atoms with Crippen LogP contribution >= 0.6 is 23.5 Å². The zero-order valence-electron chi connectivity index (χ0n) is 51.0. The topological polar surface area (TPSA) is 222 Å². The summed E-state index contributed by atoms with van der Waals surface area (Å²) in [5, 5.41) is -1.25. The second-order valence-corrected chi connectivity index (χ2v) is 21.9. The minimum atomic E-state index is -0.637. The average Bonchev–Trinajstić information content (AvgIpc) is 3.46. The van der Waals surface area contributed by atoms with Crippen molar-refractivity contribution in [3.8, 4) is 0 Å². The van der Waals surface area contributed by atoms with Crippen LogP contribution in [0.3, 0.4) is 0 Å². The van der Waals surface area contributed by atoms with Gasteiger partial charge < -0.3 is 75.8 Å². The highest BCUT2D eigenvalue weighted by Crippen LogP contribution is 2.20. The maximum Gasteiger partial charge on any atom is 0.319 e. The number of nitrogens with zero attached hydrogens (tertiary/aromatic N) is 2. The lowest BCUT2D eigenvalue weighted by Crippen LogP contribution is -2.35. The summed E-state index contributed by atoms with van der Waals surface area (Å²) in [6, 6.07) is 0. The lowest BCUT2D eigenvalue weighted by molar-refractivity contribution is -0.150. The van der Waals surface area contributed by atoms with E-state index in [9.17, 15) is 19.2 Å². The fourth-order valence-corrected chi connectivity index (χ4v) is 9.88. The van der Waals surface area contributed by atoms with Gasteiger partial charge in [0.15, 0.2) is 0 Å². The summed E-state index contributed by atoms with van der Waals surface area (Å²) in [4.78, 5) is 55.4. The van der Waals surface area contributed by atoms with E-state index in [-0.39, 0.29) is 51.2 Å². The maximum atomic E-state index is 12.9. The summed E-state index contributed by atoms with van der Waals surface area (Å²) >= 11 is 2.86. The molecule has 484 valence electrons. The molecule has 0 aromatic carbocycles. The third-order valence-electron chi connectivity index (χ3n) is 12.5. The number of thioether (sulfide) groups is 2. The predicted molar refractivity (Wildman–Crippen MR) is 317 cm³/mol. The minimum Gasteiger partial charge on any atom is -0.466 e. The zero-order valence-corrected chi connectivity index (χ0v) is 52.6. The monoisotopic (exact) mass is 1220 g/mol. The molecule has 22 nitrogen and oxygen atoms in total. The smallest absolute Gasteiger partial charge is 0.319 e. The van der Waals surface area contributed by atoms with Crippen molar-refractivity contribution in [1.29, 1.82) is 0 Å². The molecule has 2 heterocycles. The third kappa shape index (κ3) is 52.4. The highest BCUT2D eigenvalue weighted by atomic mass is 32.2. The van der Waals surface area contributed by atoms with Crippen molar-refractivity contribution in [2.45, 2.75) is 114 Å². The molecule has 0 aromatic rings. The van der Waals surface area contributed by atoms with Gasteiger partial charge in [-0.25, -0.2) is 0 Å². The predicted octanol–water partition coefficient (Wildman–Crippen LogP) is 5.94. The summed E-state index contributed by atoms with van der Waals surface area (Å²) in [5.74, 6) is -0.262. The van der Waals surface area contributed by atoms with E-state index in [2.05, 4.69) is 23.6 Å². The van der Waals surface area contributed by atoms with E-state index in [4.69, 9.17) is 75.8 Å². The number of unbranched alkanes of at least 4 members (excludes halogenated alkanes) is 10. The van der Waals surface area contributed by atoms with Crippen LogP contribution < -0.4 is 0 Å². The molecule has 24 heteroatoms. The summed E-state index contributed by atoms with van der Waals surface area (Å²) in [6.07, 6.45) is 13.3. The molecule has 2 rings (SSSR count). The van der Waals surface area contributed by atoms with Crippen LogP contribution in [0.4, 0.5) is 0 Å². The number of ether oxygens (including phenoxy) is 16. The zero-order chi connectivity index (χ0) is 59.3. The first-order valence-electron chi connectivity index (χ1n) is 30.4. The molecule has 0 aromatic heterocycles. The molecule has 0 bridgehead atoms. The molecule has 2 fully saturated rings. The van der Waals surface area contributed by atoms with Crippen LogP contribution in [0.25, 0.3) is 0 Å².